The number of methoxy groups -OCH3 is 2. The molecule has 0 spiro atoms. The summed E-state index contributed by atoms with van der Waals surface area (Å²) in [6.45, 7) is 0. The molecule has 29 heavy (non-hydrogen) atoms. The van der Waals surface area contributed by atoms with E-state index in [-0.39, 0.29) is 0 Å². The van der Waals surface area contributed by atoms with Crippen LogP contribution in [0.5, 0.6) is 11.5 Å². The summed E-state index contributed by atoms with van der Waals surface area (Å²) in [7, 11) is 3.14. The fraction of sp³-hybridized carbons (Fsp3) is 0.130. The molecule has 0 bridgehead atoms. The van der Waals surface area contributed by atoms with E-state index in [1.165, 1.54) is 0 Å². The molecule has 3 rings (SSSR count). The van der Waals surface area contributed by atoms with Crippen LogP contribution in [0.1, 0.15) is 11.5 Å². The van der Waals surface area contributed by atoms with Crippen molar-refractivity contribution < 1.29 is 19.1 Å². The zero-order valence-corrected chi connectivity index (χ0v) is 16.2. The first-order valence-corrected chi connectivity index (χ1v) is 9.05. The number of benzene rings is 3. The van der Waals surface area contributed by atoms with Crippen LogP contribution in [0.3, 0.4) is 0 Å². The van der Waals surface area contributed by atoms with Gasteiger partial charge in [-0.15, -0.1) is 0 Å². The number of carbonyl (C=O) groups is 2. The zero-order valence-electron chi connectivity index (χ0n) is 16.2. The molecule has 3 aromatic carbocycles. The molecular formula is C23H22N2O4. The standard InChI is InChI=1S/C23H22N2O4/c1-28-19-12-8-17(9-13-19)24-22(26)21(16-6-4-3-5-7-16)23(27)25-18-10-14-20(29-2)15-11-18/h3-15,21H,1-2H3,(H,24,26)(H,25,27). The molecule has 0 aliphatic rings. The second kappa shape index (κ2) is 9.41. The van der Waals surface area contributed by atoms with Crippen molar-refractivity contribution >= 4 is 23.2 Å². The van der Waals surface area contributed by atoms with E-state index in [0.717, 1.165) is 0 Å². The molecule has 0 fully saturated rings. The lowest BCUT2D eigenvalue weighted by Gasteiger charge is -2.17. The molecule has 0 saturated carbocycles. The highest BCUT2D eigenvalue weighted by molar-refractivity contribution is 6.15. The second-order valence-electron chi connectivity index (χ2n) is 6.28. The first-order valence-electron chi connectivity index (χ1n) is 9.05. The molecule has 148 valence electrons. The quantitative estimate of drug-likeness (QED) is 0.597. The fourth-order valence-corrected chi connectivity index (χ4v) is 2.84. The molecule has 0 unspecified atom stereocenters. The van der Waals surface area contributed by atoms with E-state index in [0.29, 0.717) is 28.4 Å². The van der Waals surface area contributed by atoms with Crippen molar-refractivity contribution in [3.63, 3.8) is 0 Å². The Hall–Kier alpha value is -3.80. The maximum atomic E-state index is 13.0. The van der Waals surface area contributed by atoms with Crippen molar-refractivity contribution in [2.45, 2.75) is 5.92 Å². The summed E-state index contributed by atoms with van der Waals surface area (Å²) in [5.74, 6) is -0.500. The van der Waals surface area contributed by atoms with E-state index < -0.39 is 17.7 Å². The highest BCUT2D eigenvalue weighted by Gasteiger charge is 2.28. The van der Waals surface area contributed by atoms with Crippen molar-refractivity contribution in [3.8, 4) is 11.5 Å². The third-order valence-corrected chi connectivity index (χ3v) is 4.37. The average molecular weight is 390 g/mol. The third-order valence-electron chi connectivity index (χ3n) is 4.37. The minimum atomic E-state index is -1.01. The van der Waals surface area contributed by atoms with Crippen molar-refractivity contribution in [2.24, 2.45) is 0 Å². The minimum Gasteiger partial charge on any atom is -0.497 e. The predicted molar refractivity (Wildman–Crippen MR) is 112 cm³/mol. The van der Waals surface area contributed by atoms with Gasteiger partial charge in [0.15, 0.2) is 0 Å². The van der Waals surface area contributed by atoms with Crippen LogP contribution < -0.4 is 20.1 Å². The number of anilines is 2. The highest BCUT2D eigenvalue weighted by Crippen LogP contribution is 2.23. The number of carbonyl (C=O) groups excluding carboxylic acids is 2. The monoisotopic (exact) mass is 390 g/mol. The van der Waals surface area contributed by atoms with Crippen molar-refractivity contribution in [1.82, 2.24) is 0 Å². The minimum absolute atomic E-state index is 0.424. The lowest BCUT2D eigenvalue weighted by atomic mass is 9.97. The Balaban J connectivity index is 1.81. The van der Waals surface area contributed by atoms with Crippen LogP contribution in [-0.4, -0.2) is 26.0 Å². The number of hydrogen-bond donors (Lipinski definition) is 2. The SMILES string of the molecule is COc1ccc(NC(=O)C(C(=O)Nc2ccc(OC)cc2)c2ccccc2)cc1. The molecule has 0 saturated heterocycles. The van der Waals surface area contributed by atoms with Crippen molar-refractivity contribution in [2.75, 3.05) is 24.9 Å². The number of nitrogens with one attached hydrogen (secondary N) is 2. The van der Waals surface area contributed by atoms with Crippen LogP contribution >= 0.6 is 0 Å². The largest absolute Gasteiger partial charge is 0.497 e. The van der Waals surface area contributed by atoms with Gasteiger partial charge in [0.1, 0.15) is 17.4 Å². The molecule has 0 atom stereocenters. The van der Waals surface area contributed by atoms with Gasteiger partial charge >= 0.3 is 0 Å². The molecule has 2 amide bonds. The molecule has 3 aromatic rings. The van der Waals surface area contributed by atoms with Gasteiger partial charge in [-0.05, 0) is 54.1 Å². The average Bonchev–Trinajstić information content (AvgIpc) is 2.75. The molecule has 2 N–H and O–H groups in total. The van der Waals surface area contributed by atoms with Gasteiger partial charge in [0.25, 0.3) is 0 Å². The van der Waals surface area contributed by atoms with Gasteiger partial charge in [-0.3, -0.25) is 9.59 Å². The fourth-order valence-electron chi connectivity index (χ4n) is 2.84. The van der Waals surface area contributed by atoms with E-state index in [2.05, 4.69) is 10.6 Å². The van der Waals surface area contributed by atoms with E-state index in [4.69, 9.17) is 9.47 Å². The molecule has 0 aliphatic heterocycles. The summed E-state index contributed by atoms with van der Waals surface area (Å²) in [6.07, 6.45) is 0. The Morgan fingerprint density at radius 2 is 1.07 bits per heavy atom. The third kappa shape index (κ3) is 5.13. The summed E-state index contributed by atoms with van der Waals surface area (Å²) in [4.78, 5) is 26.0. The Morgan fingerprint density at radius 1 is 0.655 bits per heavy atom. The summed E-state index contributed by atoms with van der Waals surface area (Å²) < 4.78 is 10.3. The van der Waals surface area contributed by atoms with Crippen LogP contribution in [-0.2, 0) is 9.59 Å². The van der Waals surface area contributed by atoms with E-state index in [1.807, 2.05) is 6.07 Å². The topological polar surface area (TPSA) is 76.7 Å². The van der Waals surface area contributed by atoms with E-state index >= 15 is 0 Å². The number of amides is 2. The Kier molecular flexibility index (Phi) is 6.47. The number of rotatable bonds is 7. The number of ether oxygens (including phenoxy) is 2. The molecule has 0 aromatic heterocycles. The maximum absolute atomic E-state index is 13.0. The van der Waals surface area contributed by atoms with Crippen LogP contribution in [0.2, 0.25) is 0 Å². The van der Waals surface area contributed by atoms with Gasteiger partial charge in [0.05, 0.1) is 14.2 Å². The summed E-state index contributed by atoms with van der Waals surface area (Å²) >= 11 is 0. The molecule has 6 nitrogen and oxygen atoms in total. The van der Waals surface area contributed by atoms with Gasteiger partial charge in [0.2, 0.25) is 11.8 Å². The summed E-state index contributed by atoms with van der Waals surface area (Å²) in [5.41, 5.74) is 1.76. The summed E-state index contributed by atoms with van der Waals surface area (Å²) in [6, 6.07) is 22.8. The molecule has 6 heteroatoms. The van der Waals surface area contributed by atoms with Crippen molar-refractivity contribution in [1.29, 1.82) is 0 Å². The van der Waals surface area contributed by atoms with Crippen LogP contribution in [0.4, 0.5) is 11.4 Å². The van der Waals surface area contributed by atoms with E-state index in [9.17, 15) is 9.59 Å². The Bertz CT molecular complexity index is 893. The first-order chi connectivity index (χ1) is 14.1. The number of hydrogen-bond acceptors (Lipinski definition) is 4. The van der Waals surface area contributed by atoms with Crippen LogP contribution in [0.25, 0.3) is 0 Å². The normalized spacial score (nSPS) is 10.3. The molecular weight excluding hydrogens is 368 g/mol. The van der Waals surface area contributed by atoms with Crippen LogP contribution in [0.15, 0.2) is 78.9 Å². The van der Waals surface area contributed by atoms with Gasteiger partial charge in [-0.1, -0.05) is 30.3 Å². The lowest BCUT2D eigenvalue weighted by molar-refractivity contribution is -0.125. The van der Waals surface area contributed by atoms with Crippen LogP contribution in [0, 0.1) is 0 Å². The van der Waals surface area contributed by atoms with Crippen molar-refractivity contribution in [3.05, 3.63) is 84.4 Å². The smallest absolute Gasteiger partial charge is 0.241 e. The molecule has 0 heterocycles. The van der Waals surface area contributed by atoms with Gasteiger partial charge < -0.3 is 20.1 Å². The first kappa shape index (κ1) is 19.9. The van der Waals surface area contributed by atoms with E-state index in [1.54, 1.807) is 87.0 Å². The predicted octanol–water partition coefficient (Wildman–Crippen LogP) is 4.06. The second-order valence-corrected chi connectivity index (χ2v) is 6.28. The molecule has 0 radical (unpaired) electrons. The van der Waals surface area contributed by atoms with Gasteiger partial charge in [0, 0.05) is 11.4 Å². The van der Waals surface area contributed by atoms with Gasteiger partial charge in [-0.25, -0.2) is 0 Å². The van der Waals surface area contributed by atoms with Gasteiger partial charge in [-0.2, -0.15) is 0 Å². The maximum Gasteiger partial charge on any atom is 0.241 e. The summed E-state index contributed by atoms with van der Waals surface area (Å²) in [5, 5.41) is 5.60. The molecule has 0 aliphatic carbocycles. The highest BCUT2D eigenvalue weighted by atomic mass is 16.5. The lowest BCUT2D eigenvalue weighted by Crippen LogP contribution is -2.32. The zero-order chi connectivity index (χ0) is 20.6. The Morgan fingerprint density at radius 3 is 1.45 bits per heavy atom. The Labute approximate surface area is 169 Å².